The van der Waals surface area contributed by atoms with E-state index in [-0.39, 0.29) is 12.5 Å². The van der Waals surface area contributed by atoms with E-state index in [0.717, 1.165) is 9.35 Å². The zero-order valence-corrected chi connectivity index (χ0v) is 9.75. The lowest BCUT2D eigenvalue weighted by Crippen LogP contribution is -2.19. The summed E-state index contributed by atoms with van der Waals surface area (Å²) in [6.07, 6.45) is 0.142. The monoisotopic (exact) mass is 282 g/mol. The van der Waals surface area contributed by atoms with Crippen LogP contribution in [0.15, 0.2) is 10.5 Å². The van der Waals surface area contributed by atoms with Gasteiger partial charge in [-0.2, -0.15) is 0 Å². The lowest BCUT2D eigenvalue weighted by atomic mass is 10.2. The number of carbonyl (C=O) groups is 1. The Bertz CT molecular complexity index is 309. The van der Waals surface area contributed by atoms with Gasteiger partial charge in [-0.1, -0.05) is 11.6 Å². The highest BCUT2D eigenvalue weighted by Gasteiger charge is 2.13. The normalized spacial score (nSPS) is 12.8. The molecule has 0 saturated heterocycles. The molecule has 1 amide bonds. The number of hydrogen-bond donors (Lipinski definition) is 2. The number of hydrogen-bond acceptors (Lipinski definition) is 3. The fourth-order valence-corrected chi connectivity index (χ4v) is 2.60. The van der Waals surface area contributed by atoms with Crippen LogP contribution in [0.2, 0.25) is 4.34 Å². The summed E-state index contributed by atoms with van der Waals surface area (Å²) < 4.78 is 1.43. The molecule has 0 aromatic carbocycles. The average molecular weight is 284 g/mol. The zero-order chi connectivity index (χ0) is 10.0. The van der Waals surface area contributed by atoms with Gasteiger partial charge in [0.1, 0.15) is 4.34 Å². The standard InChI is InChI=1S/C7H8BrClN2OS/c8-3-1-5(13-7(3)9)4(10)2-6(11)12/h1,4H,2,10H2,(H2,11,12)/t4-/m0/s1. The van der Waals surface area contributed by atoms with Gasteiger partial charge >= 0.3 is 0 Å². The van der Waals surface area contributed by atoms with Crippen LogP contribution in [0.5, 0.6) is 0 Å². The Morgan fingerprint density at radius 2 is 2.38 bits per heavy atom. The number of thiophene rings is 1. The predicted molar refractivity (Wildman–Crippen MR) is 57.8 cm³/mol. The van der Waals surface area contributed by atoms with Crippen LogP contribution in [-0.4, -0.2) is 5.91 Å². The molecule has 1 heterocycles. The van der Waals surface area contributed by atoms with Crippen molar-refractivity contribution >= 4 is 44.8 Å². The first-order valence-corrected chi connectivity index (χ1v) is 5.48. The maximum atomic E-state index is 10.6. The predicted octanol–water partition coefficient (Wildman–Crippen LogP) is 2.04. The highest BCUT2D eigenvalue weighted by molar-refractivity contribution is 9.10. The molecule has 1 aromatic rings. The lowest BCUT2D eigenvalue weighted by Gasteiger charge is -2.04. The van der Waals surface area contributed by atoms with Crippen molar-refractivity contribution < 1.29 is 4.79 Å². The van der Waals surface area contributed by atoms with E-state index >= 15 is 0 Å². The number of halogens is 2. The largest absolute Gasteiger partial charge is 0.370 e. The van der Waals surface area contributed by atoms with E-state index in [4.69, 9.17) is 23.1 Å². The molecule has 1 aromatic heterocycles. The molecule has 3 nitrogen and oxygen atoms in total. The van der Waals surface area contributed by atoms with Gasteiger partial charge in [0.05, 0.1) is 0 Å². The van der Waals surface area contributed by atoms with Gasteiger partial charge in [0.2, 0.25) is 5.91 Å². The molecule has 0 unspecified atom stereocenters. The van der Waals surface area contributed by atoms with E-state index in [1.54, 1.807) is 6.07 Å². The smallest absolute Gasteiger partial charge is 0.219 e. The molecule has 0 aliphatic heterocycles. The molecule has 1 atom stereocenters. The molecule has 0 aliphatic carbocycles. The van der Waals surface area contributed by atoms with Crippen molar-refractivity contribution in [2.75, 3.05) is 0 Å². The van der Waals surface area contributed by atoms with E-state index in [1.807, 2.05) is 0 Å². The van der Waals surface area contributed by atoms with E-state index < -0.39 is 5.91 Å². The van der Waals surface area contributed by atoms with Gasteiger partial charge in [0.25, 0.3) is 0 Å². The van der Waals surface area contributed by atoms with Crippen molar-refractivity contribution in [3.05, 3.63) is 19.8 Å². The van der Waals surface area contributed by atoms with Gasteiger partial charge in [-0.05, 0) is 22.0 Å². The summed E-state index contributed by atoms with van der Waals surface area (Å²) in [7, 11) is 0. The third-order valence-electron chi connectivity index (χ3n) is 1.45. The third-order valence-corrected chi connectivity index (χ3v) is 4.06. The molecular weight excluding hydrogens is 276 g/mol. The van der Waals surface area contributed by atoms with Crippen molar-refractivity contribution in [3.8, 4) is 0 Å². The maximum absolute atomic E-state index is 10.6. The summed E-state index contributed by atoms with van der Waals surface area (Å²) in [4.78, 5) is 11.4. The fourth-order valence-electron chi connectivity index (χ4n) is 0.863. The molecule has 1 rings (SSSR count). The van der Waals surface area contributed by atoms with Crippen molar-refractivity contribution in [2.24, 2.45) is 11.5 Å². The zero-order valence-electron chi connectivity index (χ0n) is 6.59. The van der Waals surface area contributed by atoms with Crippen LogP contribution in [0.25, 0.3) is 0 Å². The number of amides is 1. The summed E-state index contributed by atoms with van der Waals surface area (Å²) in [5, 5.41) is 0. The van der Waals surface area contributed by atoms with E-state index in [1.165, 1.54) is 11.3 Å². The first-order valence-electron chi connectivity index (χ1n) is 3.49. The van der Waals surface area contributed by atoms with Gasteiger partial charge in [-0.3, -0.25) is 4.79 Å². The summed E-state index contributed by atoms with van der Waals surface area (Å²) in [6.45, 7) is 0. The van der Waals surface area contributed by atoms with Gasteiger partial charge < -0.3 is 11.5 Å². The van der Waals surface area contributed by atoms with Crippen LogP contribution < -0.4 is 11.5 Å². The Labute approximate surface area is 93.2 Å². The van der Waals surface area contributed by atoms with Crippen LogP contribution in [0.4, 0.5) is 0 Å². The summed E-state index contributed by atoms with van der Waals surface area (Å²) in [5.74, 6) is -0.409. The number of carbonyl (C=O) groups excluding carboxylic acids is 1. The number of rotatable bonds is 3. The second-order valence-corrected chi connectivity index (χ2v) is 5.09. The molecule has 72 valence electrons. The maximum Gasteiger partial charge on any atom is 0.219 e. The molecule has 0 radical (unpaired) electrons. The second-order valence-electron chi connectivity index (χ2n) is 2.55. The van der Waals surface area contributed by atoms with Gasteiger partial charge in [0, 0.05) is 21.8 Å². The molecule has 0 aliphatic rings. The first kappa shape index (κ1) is 11.0. The molecule has 0 saturated carbocycles. The number of nitrogens with two attached hydrogens (primary N) is 2. The van der Waals surface area contributed by atoms with E-state index in [2.05, 4.69) is 15.9 Å². The van der Waals surface area contributed by atoms with Gasteiger partial charge in [-0.15, -0.1) is 11.3 Å². The minimum Gasteiger partial charge on any atom is -0.370 e. The Kier molecular flexibility index (Phi) is 3.73. The van der Waals surface area contributed by atoms with E-state index in [9.17, 15) is 4.79 Å². The fraction of sp³-hybridized carbons (Fsp3) is 0.286. The van der Waals surface area contributed by atoms with Crippen LogP contribution in [0, 0.1) is 0 Å². The van der Waals surface area contributed by atoms with Crippen molar-refractivity contribution in [2.45, 2.75) is 12.5 Å². The third kappa shape index (κ3) is 2.95. The summed E-state index contributed by atoms with van der Waals surface area (Å²) in [5.41, 5.74) is 10.7. The molecule has 13 heavy (non-hydrogen) atoms. The molecule has 0 spiro atoms. The number of primary amides is 1. The van der Waals surface area contributed by atoms with Crippen molar-refractivity contribution in [3.63, 3.8) is 0 Å². The van der Waals surface area contributed by atoms with Crippen molar-refractivity contribution in [1.29, 1.82) is 0 Å². The van der Waals surface area contributed by atoms with Crippen molar-refractivity contribution in [1.82, 2.24) is 0 Å². The Morgan fingerprint density at radius 3 is 2.77 bits per heavy atom. The second kappa shape index (κ2) is 4.41. The minimum atomic E-state index is -0.409. The summed E-state index contributed by atoms with van der Waals surface area (Å²) >= 11 is 10.4. The summed E-state index contributed by atoms with van der Waals surface area (Å²) in [6, 6.07) is 1.45. The Hall–Kier alpha value is -0.100. The molecule has 0 fully saturated rings. The van der Waals surface area contributed by atoms with Gasteiger partial charge in [-0.25, -0.2) is 0 Å². The average Bonchev–Trinajstić information content (AvgIpc) is 2.31. The van der Waals surface area contributed by atoms with Crippen LogP contribution in [0.1, 0.15) is 17.3 Å². The highest BCUT2D eigenvalue weighted by atomic mass is 79.9. The molecule has 4 N–H and O–H groups in total. The van der Waals surface area contributed by atoms with Crippen LogP contribution in [0.3, 0.4) is 0 Å². The lowest BCUT2D eigenvalue weighted by molar-refractivity contribution is -0.118. The SMILES string of the molecule is NC(=O)C[C@H](N)c1cc(Br)c(Cl)s1. The van der Waals surface area contributed by atoms with Crippen LogP contribution >= 0.6 is 38.9 Å². The Morgan fingerprint density at radius 1 is 1.77 bits per heavy atom. The Balaban J connectivity index is 2.77. The topological polar surface area (TPSA) is 69.1 Å². The van der Waals surface area contributed by atoms with Crippen LogP contribution in [-0.2, 0) is 4.79 Å². The molecular formula is C7H8BrClN2OS. The van der Waals surface area contributed by atoms with E-state index in [0.29, 0.717) is 4.34 Å². The minimum absolute atomic E-state index is 0.142. The first-order chi connectivity index (χ1) is 6.00. The molecule has 6 heteroatoms. The highest BCUT2D eigenvalue weighted by Crippen LogP contribution is 2.35. The quantitative estimate of drug-likeness (QED) is 0.891. The molecule has 0 bridgehead atoms. The van der Waals surface area contributed by atoms with Gasteiger partial charge in [0.15, 0.2) is 0 Å².